The van der Waals surface area contributed by atoms with Gasteiger partial charge in [-0.25, -0.2) is 9.78 Å². The number of anilines is 1. The second-order valence-corrected chi connectivity index (χ2v) is 6.16. The predicted molar refractivity (Wildman–Crippen MR) is 96.5 cm³/mol. The summed E-state index contributed by atoms with van der Waals surface area (Å²) in [7, 11) is 0. The highest BCUT2D eigenvalue weighted by Crippen LogP contribution is 2.18. The van der Waals surface area contributed by atoms with Crippen molar-refractivity contribution in [1.82, 2.24) is 10.3 Å². The summed E-state index contributed by atoms with van der Waals surface area (Å²) in [6, 6.07) is 12.7. The minimum absolute atomic E-state index is 0.0159. The first kappa shape index (κ1) is 17.7. The molecular weight excluding hydrogens is 334 g/mol. The van der Waals surface area contributed by atoms with E-state index in [0.717, 1.165) is 24.8 Å². The standard InChI is InChI=1S/C19H21N3O4/c23-18(21-14-6-7-14)12-26-15-8-4-13(5-9-15)10-11-20-17-3-1-2-16(22-17)19(24)25/h1-5,8-9,14H,6-7,10-12H2,(H,20,22)(H,21,23)(H,24,25). The number of rotatable bonds is 9. The molecule has 1 amide bonds. The number of carbonyl (C=O) groups is 2. The second kappa shape index (κ2) is 8.33. The molecule has 0 atom stereocenters. The quantitative estimate of drug-likeness (QED) is 0.637. The third-order valence-corrected chi connectivity index (χ3v) is 3.92. The van der Waals surface area contributed by atoms with Crippen LogP contribution in [0, 0.1) is 0 Å². The lowest BCUT2D eigenvalue weighted by atomic mass is 10.1. The third kappa shape index (κ3) is 5.47. The molecule has 0 radical (unpaired) electrons. The average Bonchev–Trinajstić information content (AvgIpc) is 3.45. The number of hydrogen-bond acceptors (Lipinski definition) is 5. The van der Waals surface area contributed by atoms with Gasteiger partial charge in [0.05, 0.1) is 0 Å². The molecule has 2 aromatic rings. The molecule has 1 fully saturated rings. The minimum Gasteiger partial charge on any atom is -0.484 e. The van der Waals surface area contributed by atoms with E-state index in [1.54, 1.807) is 12.1 Å². The molecule has 0 bridgehead atoms. The number of hydrogen-bond donors (Lipinski definition) is 3. The molecule has 3 rings (SSSR count). The summed E-state index contributed by atoms with van der Waals surface area (Å²) in [5.74, 6) is 0.0573. The Morgan fingerprint density at radius 1 is 1.15 bits per heavy atom. The Balaban J connectivity index is 1.41. The van der Waals surface area contributed by atoms with Crippen LogP contribution in [-0.4, -0.2) is 41.2 Å². The zero-order valence-electron chi connectivity index (χ0n) is 14.3. The molecule has 1 heterocycles. The van der Waals surface area contributed by atoms with Crippen LogP contribution >= 0.6 is 0 Å². The number of benzene rings is 1. The van der Waals surface area contributed by atoms with E-state index in [2.05, 4.69) is 15.6 Å². The van der Waals surface area contributed by atoms with Gasteiger partial charge in [-0.2, -0.15) is 0 Å². The third-order valence-electron chi connectivity index (χ3n) is 3.92. The van der Waals surface area contributed by atoms with E-state index in [1.807, 2.05) is 24.3 Å². The van der Waals surface area contributed by atoms with Gasteiger partial charge in [0.15, 0.2) is 12.3 Å². The van der Waals surface area contributed by atoms with Crippen LogP contribution in [-0.2, 0) is 11.2 Å². The topological polar surface area (TPSA) is 101 Å². The predicted octanol–water partition coefficient (Wildman–Crippen LogP) is 2.09. The number of nitrogens with one attached hydrogen (secondary N) is 2. The Hall–Kier alpha value is -3.09. The lowest BCUT2D eigenvalue weighted by Gasteiger charge is -2.09. The maximum absolute atomic E-state index is 11.6. The van der Waals surface area contributed by atoms with Crippen LogP contribution in [0.3, 0.4) is 0 Å². The Bertz CT molecular complexity index is 773. The number of aromatic nitrogens is 1. The van der Waals surface area contributed by atoms with E-state index in [1.165, 1.54) is 6.07 Å². The highest BCUT2D eigenvalue weighted by atomic mass is 16.5. The van der Waals surface area contributed by atoms with Crippen molar-refractivity contribution in [2.45, 2.75) is 25.3 Å². The summed E-state index contributed by atoms with van der Waals surface area (Å²) in [5, 5.41) is 14.9. The molecule has 1 aromatic heterocycles. The van der Waals surface area contributed by atoms with Crippen molar-refractivity contribution in [3.63, 3.8) is 0 Å². The second-order valence-electron chi connectivity index (χ2n) is 6.16. The van der Waals surface area contributed by atoms with Gasteiger partial charge in [0.25, 0.3) is 5.91 Å². The van der Waals surface area contributed by atoms with Gasteiger partial charge in [0, 0.05) is 12.6 Å². The number of carboxylic acids is 1. The van der Waals surface area contributed by atoms with Crippen LogP contribution < -0.4 is 15.4 Å². The lowest BCUT2D eigenvalue weighted by molar-refractivity contribution is -0.123. The van der Waals surface area contributed by atoms with Gasteiger partial charge in [-0.1, -0.05) is 18.2 Å². The fourth-order valence-corrected chi connectivity index (χ4v) is 2.39. The molecule has 26 heavy (non-hydrogen) atoms. The number of ether oxygens (including phenoxy) is 1. The summed E-state index contributed by atoms with van der Waals surface area (Å²) in [4.78, 5) is 26.5. The van der Waals surface area contributed by atoms with Gasteiger partial charge in [0.2, 0.25) is 0 Å². The van der Waals surface area contributed by atoms with Gasteiger partial charge in [0.1, 0.15) is 11.6 Å². The smallest absolute Gasteiger partial charge is 0.354 e. The number of aromatic carboxylic acids is 1. The van der Waals surface area contributed by atoms with Gasteiger partial charge in [-0.15, -0.1) is 0 Å². The molecule has 7 nitrogen and oxygen atoms in total. The molecule has 0 spiro atoms. The van der Waals surface area contributed by atoms with Crippen molar-refractivity contribution < 1.29 is 19.4 Å². The molecule has 1 aromatic carbocycles. The van der Waals surface area contributed by atoms with Gasteiger partial charge in [-0.05, 0) is 49.1 Å². The van der Waals surface area contributed by atoms with Crippen LogP contribution in [0.2, 0.25) is 0 Å². The van der Waals surface area contributed by atoms with E-state index in [4.69, 9.17) is 9.84 Å². The molecule has 1 aliphatic rings. The number of pyridine rings is 1. The number of carboxylic acid groups (broad SMARTS) is 1. The summed E-state index contributed by atoms with van der Waals surface area (Å²) in [6.45, 7) is 0.656. The van der Waals surface area contributed by atoms with Gasteiger partial charge < -0.3 is 20.5 Å². The monoisotopic (exact) mass is 355 g/mol. The Kier molecular flexibility index (Phi) is 5.68. The first-order valence-corrected chi connectivity index (χ1v) is 8.55. The van der Waals surface area contributed by atoms with Gasteiger partial charge in [-0.3, -0.25) is 4.79 Å². The number of nitrogens with zero attached hydrogens (tertiary/aromatic N) is 1. The summed E-state index contributed by atoms with van der Waals surface area (Å²) in [6.07, 6.45) is 2.87. The van der Waals surface area contributed by atoms with E-state index >= 15 is 0 Å². The largest absolute Gasteiger partial charge is 0.484 e. The van der Waals surface area contributed by atoms with E-state index in [0.29, 0.717) is 24.2 Å². The lowest BCUT2D eigenvalue weighted by Crippen LogP contribution is -2.30. The number of amides is 1. The van der Waals surface area contributed by atoms with Crippen molar-refractivity contribution in [2.75, 3.05) is 18.5 Å². The fourth-order valence-electron chi connectivity index (χ4n) is 2.39. The molecular formula is C19H21N3O4. The minimum atomic E-state index is -1.05. The van der Waals surface area contributed by atoms with E-state index in [9.17, 15) is 9.59 Å². The molecule has 0 aliphatic heterocycles. The highest BCUT2D eigenvalue weighted by molar-refractivity contribution is 5.85. The maximum atomic E-state index is 11.6. The van der Waals surface area contributed by atoms with Crippen molar-refractivity contribution in [3.05, 3.63) is 53.7 Å². The number of carbonyl (C=O) groups excluding carboxylic acids is 1. The Morgan fingerprint density at radius 3 is 2.62 bits per heavy atom. The van der Waals surface area contributed by atoms with E-state index < -0.39 is 5.97 Å². The zero-order valence-corrected chi connectivity index (χ0v) is 14.3. The van der Waals surface area contributed by atoms with Crippen LogP contribution in [0.25, 0.3) is 0 Å². The molecule has 0 saturated heterocycles. The normalized spacial score (nSPS) is 13.1. The molecule has 136 valence electrons. The van der Waals surface area contributed by atoms with Gasteiger partial charge >= 0.3 is 5.97 Å². The molecule has 7 heteroatoms. The Labute approximate surface area is 151 Å². The van der Waals surface area contributed by atoms with Crippen LogP contribution in [0.5, 0.6) is 5.75 Å². The first-order valence-electron chi connectivity index (χ1n) is 8.55. The zero-order chi connectivity index (χ0) is 18.4. The highest BCUT2D eigenvalue weighted by Gasteiger charge is 2.23. The fraction of sp³-hybridized carbons (Fsp3) is 0.316. The molecule has 0 unspecified atom stereocenters. The molecule has 3 N–H and O–H groups in total. The summed E-state index contributed by atoms with van der Waals surface area (Å²) < 4.78 is 5.47. The van der Waals surface area contributed by atoms with E-state index in [-0.39, 0.29) is 18.2 Å². The maximum Gasteiger partial charge on any atom is 0.354 e. The summed E-state index contributed by atoms with van der Waals surface area (Å²) >= 11 is 0. The van der Waals surface area contributed by atoms with Crippen molar-refractivity contribution in [1.29, 1.82) is 0 Å². The van der Waals surface area contributed by atoms with Crippen molar-refractivity contribution >= 4 is 17.7 Å². The average molecular weight is 355 g/mol. The Morgan fingerprint density at radius 2 is 1.92 bits per heavy atom. The van der Waals surface area contributed by atoms with Crippen LogP contribution in [0.1, 0.15) is 28.9 Å². The molecule has 1 saturated carbocycles. The van der Waals surface area contributed by atoms with Crippen molar-refractivity contribution in [2.24, 2.45) is 0 Å². The van der Waals surface area contributed by atoms with Crippen molar-refractivity contribution in [3.8, 4) is 5.75 Å². The van der Waals surface area contributed by atoms with Crippen LogP contribution in [0.4, 0.5) is 5.82 Å². The molecule has 1 aliphatic carbocycles. The van der Waals surface area contributed by atoms with Crippen LogP contribution in [0.15, 0.2) is 42.5 Å². The summed E-state index contributed by atoms with van der Waals surface area (Å²) in [5.41, 5.74) is 1.11. The first-order chi connectivity index (χ1) is 12.6. The SMILES string of the molecule is O=C(COc1ccc(CCNc2cccc(C(=O)O)n2)cc1)NC1CC1.